The van der Waals surface area contributed by atoms with Crippen molar-refractivity contribution in [1.29, 1.82) is 0 Å². The van der Waals surface area contributed by atoms with E-state index >= 15 is 0 Å². The van der Waals surface area contributed by atoms with E-state index in [1.54, 1.807) is 12.0 Å². The number of Topliss-reactive ketones (excluding diaryl/α,β-unsaturated/α-hetero) is 1. The van der Waals surface area contributed by atoms with Gasteiger partial charge in [0.05, 0.1) is 19.2 Å². The number of ketones is 1. The van der Waals surface area contributed by atoms with Crippen molar-refractivity contribution in [3.8, 4) is 11.5 Å². The molecule has 7 nitrogen and oxygen atoms in total. The summed E-state index contributed by atoms with van der Waals surface area (Å²) in [5, 5.41) is 0. The molecule has 0 radical (unpaired) electrons. The summed E-state index contributed by atoms with van der Waals surface area (Å²) in [5.74, 6) is 1.33. The molecule has 2 bridgehead atoms. The molecule has 1 aromatic rings. The number of rotatable bonds is 5. The zero-order valence-electron chi connectivity index (χ0n) is 24.6. The largest absolute Gasteiger partial charge is 0.496 e. The lowest BCUT2D eigenvalue weighted by atomic mass is 9.54. The Morgan fingerprint density at radius 3 is 2.18 bits per heavy atom. The van der Waals surface area contributed by atoms with Gasteiger partial charge >= 0.3 is 0 Å². The second-order valence-corrected chi connectivity index (χ2v) is 12.9. The summed E-state index contributed by atoms with van der Waals surface area (Å²) in [7, 11) is 6.00. The molecule has 0 aromatic heterocycles. The maximum Gasteiger partial charge on any atom is 0.254 e. The van der Waals surface area contributed by atoms with Gasteiger partial charge in [0.25, 0.3) is 11.7 Å². The van der Waals surface area contributed by atoms with Crippen LogP contribution in [0.15, 0.2) is 23.0 Å². The van der Waals surface area contributed by atoms with Crippen molar-refractivity contribution in [1.82, 2.24) is 9.80 Å². The molecule has 6 aliphatic rings. The Balaban J connectivity index is 1.31. The van der Waals surface area contributed by atoms with E-state index in [4.69, 9.17) is 14.2 Å². The Morgan fingerprint density at radius 2 is 1.59 bits per heavy atom. The Hall–Kier alpha value is -2.80. The van der Waals surface area contributed by atoms with Crippen LogP contribution in [0.25, 0.3) is 0 Å². The molecule has 7 heteroatoms. The molecule has 7 rings (SSSR count). The Labute approximate surface area is 232 Å². The minimum absolute atomic E-state index is 0.0253. The molecule has 1 amide bonds. The highest BCUT2D eigenvalue weighted by Gasteiger charge is 2.62. The lowest BCUT2D eigenvalue weighted by molar-refractivity contribution is -0.212. The first-order valence-electron chi connectivity index (χ1n) is 14.4. The highest BCUT2D eigenvalue weighted by atomic mass is 16.7. The summed E-state index contributed by atoms with van der Waals surface area (Å²) >= 11 is 0. The molecule has 0 N–H and O–H groups in total. The van der Waals surface area contributed by atoms with Crippen LogP contribution in [-0.4, -0.2) is 67.1 Å². The van der Waals surface area contributed by atoms with Crippen LogP contribution in [0.1, 0.15) is 85.8 Å². The summed E-state index contributed by atoms with van der Waals surface area (Å²) < 4.78 is 19.2. The third kappa shape index (κ3) is 3.71. The third-order valence-corrected chi connectivity index (χ3v) is 10.9. The first kappa shape index (κ1) is 26.4. The van der Waals surface area contributed by atoms with Crippen molar-refractivity contribution in [2.45, 2.75) is 90.4 Å². The number of hydrogen-bond donors (Lipinski definition) is 0. The normalized spacial score (nSPS) is 31.7. The van der Waals surface area contributed by atoms with Gasteiger partial charge in [-0.25, -0.2) is 0 Å². The fraction of sp³-hybridized carbons (Fsp3) is 0.625. The van der Waals surface area contributed by atoms with Gasteiger partial charge in [0, 0.05) is 42.0 Å². The van der Waals surface area contributed by atoms with Gasteiger partial charge in [0.15, 0.2) is 17.3 Å². The van der Waals surface area contributed by atoms with Gasteiger partial charge in [-0.2, -0.15) is 0 Å². The Morgan fingerprint density at radius 1 is 0.974 bits per heavy atom. The van der Waals surface area contributed by atoms with Crippen LogP contribution in [0.3, 0.4) is 0 Å². The molecule has 210 valence electrons. The number of ether oxygens (including phenoxy) is 3. The summed E-state index contributed by atoms with van der Waals surface area (Å²) in [4.78, 5) is 31.0. The summed E-state index contributed by atoms with van der Waals surface area (Å²) in [6.45, 7) is 8.91. The van der Waals surface area contributed by atoms with E-state index in [0.29, 0.717) is 35.4 Å². The Bertz CT molecular complexity index is 1310. The lowest BCUT2D eigenvalue weighted by Gasteiger charge is -2.59. The minimum atomic E-state index is -0.743. The minimum Gasteiger partial charge on any atom is -0.496 e. The average molecular weight is 535 g/mol. The van der Waals surface area contributed by atoms with Gasteiger partial charge < -0.3 is 24.0 Å². The van der Waals surface area contributed by atoms with Crippen molar-refractivity contribution >= 4 is 11.7 Å². The van der Waals surface area contributed by atoms with Crippen LogP contribution in [0.5, 0.6) is 11.5 Å². The third-order valence-electron chi connectivity index (χ3n) is 10.9. The molecule has 1 unspecified atom stereocenters. The molecule has 39 heavy (non-hydrogen) atoms. The Kier molecular flexibility index (Phi) is 6.00. The maximum absolute atomic E-state index is 14.0. The van der Waals surface area contributed by atoms with Crippen molar-refractivity contribution in [2.75, 3.05) is 34.3 Å². The van der Waals surface area contributed by atoms with E-state index in [-0.39, 0.29) is 23.7 Å². The van der Waals surface area contributed by atoms with Crippen molar-refractivity contribution in [3.05, 3.63) is 45.2 Å². The van der Waals surface area contributed by atoms with E-state index < -0.39 is 5.79 Å². The van der Waals surface area contributed by atoms with E-state index in [2.05, 4.69) is 32.8 Å². The molecular weight excluding hydrogens is 492 g/mol. The zero-order valence-corrected chi connectivity index (χ0v) is 24.6. The van der Waals surface area contributed by atoms with Crippen LogP contribution in [0.4, 0.5) is 0 Å². The molecule has 2 aliphatic heterocycles. The molecule has 0 saturated heterocycles. The maximum atomic E-state index is 14.0. The van der Waals surface area contributed by atoms with Gasteiger partial charge in [0.1, 0.15) is 5.76 Å². The summed E-state index contributed by atoms with van der Waals surface area (Å²) in [5.41, 5.74) is 5.43. The van der Waals surface area contributed by atoms with Gasteiger partial charge in [0.2, 0.25) is 0 Å². The number of amides is 1. The van der Waals surface area contributed by atoms with E-state index in [1.807, 2.05) is 19.9 Å². The average Bonchev–Trinajstić information content (AvgIpc) is 3.30. The second-order valence-electron chi connectivity index (χ2n) is 12.9. The van der Waals surface area contributed by atoms with Crippen LogP contribution in [-0.2, 0) is 16.0 Å². The predicted molar refractivity (Wildman–Crippen MR) is 149 cm³/mol. The smallest absolute Gasteiger partial charge is 0.254 e. The number of fused-ring (bicyclic) bond motifs is 5. The first-order chi connectivity index (χ1) is 18.4. The second kappa shape index (κ2) is 8.85. The molecule has 4 aliphatic carbocycles. The van der Waals surface area contributed by atoms with E-state index in [9.17, 15) is 9.59 Å². The van der Waals surface area contributed by atoms with Gasteiger partial charge in [-0.05, 0) is 97.0 Å². The lowest BCUT2D eigenvalue weighted by Crippen LogP contribution is -2.62. The summed E-state index contributed by atoms with van der Waals surface area (Å²) in [6, 6.07) is 0. The van der Waals surface area contributed by atoms with Gasteiger partial charge in [-0.1, -0.05) is 5.57 Å². The number of methoxy groups -OCH3 is 1. The van der Waals surface area contributed by atoms with Gasteiger partial charge in [-0.3, -0.25) is 9.59 Å². The fourth-order valence-electron chi connectivity index (χ4n) is 8.05. The van der Waals surface area contributed by atoms with Crippen molar-refractivity contribution in [3.63, 3.8) is 0 Å². The number of carbonyl (C=O) groups is 2. The molecule has 1 aromatic carbocycles. The number of allylic oxidation sites excluding steroid dienone is 2. The zero-order chi connectivity index (χ0) is 27.9. The molecule has 3 saturated carbocycles. The molecular formula is C32H42N2O5. The summed E-state index contributed by atoms with van der Waals surface area (Å²) in [6.07, 6.45) is 9.72. The molecule has 3 fully saturated rings. The van der Waals surface area contributed by atoms with Crippen LogP contribution in [0.2, 0.25) is 0 Å². The number of hydrogen-bond acceptors (Lipinski definition) is 6. The number of benzene rings is 1. The standard InChI is InChI=1S/C32H42N2O5/c1-19-16-24(35)23(25(17-19)37-7)18-34-15-8-22-20(2)27-28(21(3)26(22)29(34)36)39-30(4,38-27)31-9-12-32(13-10-31,14-11-31)33(5)6/h17H,8-16,18H2,1-7H3. The van der Waals surface area contributed by atoms with Crippen molar-refractivity contribution in [2.24, 2.45) is 5.41 Å². The molecule has 2 heterocycles. The first-order valence-corrected chi connectivity index (χ1v) is 14.4. The van der Waals surface area contributed by atoms with Crippen molar-refractivity contribution < 1.29 is 23.8 Å². The molecule has 1 atom stereocenters. The fourth-order valence-corrected chi connectivity index (χ4v) is 8.05. The van der Waals surface area contributed by atoms with Crippen LogP contribution >= 0.6 is 0 Å². The van der Waals surface area contributed by atoms with Gasteiger partial charge in [-0.15, -0.1) is 0 Å². The van der Waals surface area contributed by atoms with E-state index in [0.717, 1.165) is 78.7 Å². The monoisotopic (exact) mass is 534 g/mol. The number of carbonyl (C=O) groups excluding carboxylic acids is 2. The number of nitrogens with zero attached hydrogens (tertiary/aromatic N) is 2. The molecule has 0 spiro atoms. The topological polar surface area (TPSA) is 68.3 Å². The van der Waals surface area contributed by atoms with E-state index in [1.165, 1.54) is 0 Å². The highest BCUT2D eigenvalue weighted by Crippen LogP contribution is 2.63. The van der Waals surface area contributed by atoms with Crippen LogP contribution < -0.4 is 9.47 Å². The predicted octanol–water partition coefficient (Wildman–Crippen LogP) is 5.26. The SMILES string of the molecule is COC1=C(CN2CCc3c(C)c4c(c(C)c3C2=O)OC(C)(C23CCC(N(C)C)(CC2)CC3)O4)C(=O)CC(C)=C1. The quantitative estimate of drug-likeness (QED) is 0.513. The highest BCUT2D eigenvalue weighted by molar-refractivity contribution is 6.03. The van der Waals surface area contributed by atoms with Crippen LogP contribution in [0, 0.1) is 19.3 Å².